The molecule has 3 aromatic rings. The Balaban J connectivity index is 1.52. The molecule has 10 heteroatoms. The Morgan fingerprint density at radius 3 is 2.39 bits per heavy atom. The van der Waals surface area contributed by atoms with Gasteiger partial charge in [-0.2, -0.15) is 0 Å². The summed E-state index contributed by atoms with van der Waals surface area (Å²) in [4.78, 5) is 23.9. The molecule has 0 aliphatic rings. The average molecular weight is 460 g/mol. The van der Waals surface area contributed by atoms with Crippen LogP contribution in [0.25, 0.3) is 0 Å². The molecule has 3 N–H and O–H groups in total. The first-order valence-corrected chi connectivity index (χ1v) is 11.5. The quantitative estimate of drug-likeness (QED) is 0.347. The summed E-state index contributed by atoms with van der Waals surface area (Å²) in [5, 5.41) is 12.3. The van der Waals surface area contributed by atoms with Crippen molar-refractivity contribution in [3.63, 3.8) is 0 Å². The SMILES string of the molecule is CCc1cccc(CC)c1Nc1nnc(SCC(=O)NNC(=O)c2ccccc2F)s1. The van der Waals surface area contributed by atoms with E-state index in [1.807, 2.05) is 6.07 Å². The maximum atomic E-state index is 13.6. The van der Waals surface area contributed by atoms with E-state index in [4.69, 9.17) is 0 Å². The van der Waals surface area contributed by atoms with Crippen LogP contribution in [-0.2, 0) is 17.6 Å². The molecule has 0 saturated carbocycles. The molecule has 0 radical (unpaired) electrons. The monoisotopic (exact) mass is 459 g/mol. The second-order valence-electron chi connectivity index (χ2n) is 6.43. The Bertz CT molecular complexity index is 1050. The Hall–Kier alpha value is -2.98. The second kappa shape index (κ2) is 10.9. The lowest BCUT2D eigenvalue weighted by Crippen LogP contribution is -2.42. The molecule has 162 valence electrons. The van der Waals surface area contributed by atoms with Gasteiger partial charge in [-0.15, -0.1) is 10.2 Å². The van der Waals surface area contributed by atoms with Gasteiger partial charge in [0, 0.05) is 5.69 Å². The summed E-state index contributed by atoms with van der Waals surface area (Å²) in [5.41, 5.74) is 7.78. The highest BCUT2D eigenvalue weighted by Gasteiger charge is 2.14. The van der Waals surface area contributed by atoms with Crippen molar-refractivity contribution in [1.82, 2.24) is 21.0 Å². The van der Waals surface area contributed by atoms with Crippen LogP contribution in [-0.4, -0.2) is 27.8 Å². The molecule has 0 saturated heterocycles. The minimum Gasteiger partial charge on any atom is -0.330 e. The van der Waals surface area contributed by atoms with Crippen LogP contribution in [0.3, 0.4) is 0 Å². The summed E-state index contributed by atoms with van der Waals surface area (Å²) in [6.07, 6.45) is 1.80. The van der Waals surface area contributed by atoms with Gasteiger partial charge in [0.2, 0.25) is 11.0 Å². The predicted octanol–water partition coefficient (Wildman–Crippen LogP) is 4.10. The largest absolute Gasteiger partial charge is 0.330 e. The van der Waals surface area contributed by atoms with Crippen molar-refractivity contribution in [3.8, 4) is 0 Å². The molecule has 1 aromatic heterocycles. The number of aryl methyl sites for hydroxylation is 2. The van der Waals surface area contributed by atoms with Crippen LogP contribution < -0.4 is 16.2 Å². The second-order valence-corrected chi connectivity index (χ2v) is 8.63. The number of benzene rings is 2. The zero-order valence-corrected chi connectivity index (χ0v) is 18.7. The first kappa shape index (κ1) is 22.7. The number of nitrogens with zero attached hydrogens (tertiary/aromatic N) is 2. The lowest BCUT2D eigenvalue weighted by atomic mass is 10.0. The third-order valence-electron chi connectivity index (χ3n) is 4.40. The van der Waals surface area contributed by atoms with Gasteiger partial charge < -0.3 is 5.32 Å². The number of aromatic nitrogens is 2. The van der Waals surface area contributed by atoms with Crippen LogP contribution in [0.5, 0.6) is 0 Å². The molecular weight excluding hydrogens is 437 g/mol. The van der Waals surface area contributed by atoms with E-state index >= 15 is 0 Å². The fourth-order valence-electron chi connectivity index (χ4n) is 2.83. The minimum absolute atomic E-state index is 0.0257. The van der Waals surface area contributed by atoms with Crippen molar-refractivity contribution in [2.24, 2.45) is 0 Å². The number of carbonyl (C=O) groups excluding carboxylic acids is 2. The smallest absolute Gasteiger partial charge is 0.272 e. The summed E-state index contributed by atoms with van der Waals surface area (Å²) < 4.78 is 14.2. The highest BCUT2D eigenvalue weighted by atomic mass is 32.2. The van der Waals surface area contributed by atoms with Gasteiger partial charge >= 0.3 is 0 Å². The van der Waals surface area contributed by atoms with E-state index < -0.39 is 17.6 Å². The number of thioether (sulfide) groups is 1. The van der Waals surface area contributed by atoms with Gasteiger partial charge in [0.05, 0.1) is 11.3 Å². The molecule has 0 fully saturated rings. The first-order chi connectivity index (χ1) is 15.0. The third kappa shape index (κ3) is 6.02. The van der Waals surface area contributed by atoms with Crippen LogP contribution in [0, 0.1) is 5.82 Å². The predicted molar refractivity (Wildman–Crippen MR) is 121 cm³/mol. The number of anilines is 2. The van der Waals surface area contributed by atoms with Crippen LogP contribution in [0.1, 0.15) is 35.3 Å². The molecule has 2 aromatic carbocycles. The summed E-state index contributed by atoms with van der Waals surface area (Å²) >= 11 is 2.54. The number of hydrogen-bond acceptors (Lipinski definition) is 7. The molecular formula is C21H22FN5O2S2. The highest BCUT2D eigenvalue weighted by molar-refractivity contribution is 8.01. The summed E-state index contributed by atoms with van der Waals surface area (Å²) in [6.45, 7) is 4.20. The first-order valence-electron chi connectivity index (χ1n) is 9.69. The lowest BCUT2D eigenvalue weighted by molar-refractivity contribution is -0.119. The molecule has 0 atom stereocenters. The van der Waals surface area contributed by atoms with Gasteiger partial charge in [-0.3, -0.25) is 20.4 Å². The van der Waals surface area contributed by atoms with Crippen molar-refractivity contribution in [3.05, 3.63) is 65.0 Å². The van der Waals surface area contributed by atoms with Crippen LogP contribution >= 0.6 is 23.1 Å². The average Bonchev–Trinajstić information content (AvgIpc) is 3.24. The van der Waals surface area contributed by atoms with Gasteiger partial charge in [0.25, 0.3) is 5.91 Å². The maximum Gasteiger partial charge on any atom is 0.272 e. The molecule has 0 unspecified atom stereocenters. The van der Waals surface area contributed by atoms with Gasteiger partial charge in [-0.1, -0.05) is 67.3 Å². The van der Waals surface area contributed by atoms with Crippen molar-refractivity contribution in [1.29, 1.82) is 0 Å². The van der Waals surface area contributed by atoms with Crippen molar-refractivity contribution in [2.75, 3.05) is 11.1 Å². The van der Waals surface area contributed by atoms with E-state index in [2.05, 4.69) is 52.3 Å². The van der Waals surface area contributed by atoms with Gasteiger partial charge in [0.15, 0.2) is 4.34 Å². The van der Waals surface area contributed by atoms with E-state index in [9.17, 15) is 14.0 Å². The fourth-order valence-corrected chi connectivity index (χ4v) is 4.39. The summed E-state index contributed by atoms with van der Waals surface area (Å²) in [6, 6.07) is 11.7. The molecule has 0 spiro atoms. The van der Waals surface area contributed by atoms with Crippen LogP contribution in [0.15, 0.2) is 46.8 Å². The van der Waals surface area contributed by atoms with Gasteiger partial charge in [0.1, 0.15) is 5.82 Å². The molecule has 2 amide bonds. The number of rotatable bonds is 8. The summed E-state index contributed by atoms with van der Waals surface area (Å²) in [7, 11) is 0. The van der Waals surface area contributed by atoms with Crippen LogP contribution in [0.4, 0.5) is 15.2 Å². The molecule has 1 heterocycles. The van der Waals surface area contributed by atoms with Crippen molar-refractivity contribution < 1.29 is 14.0 Å². The zero-order chi connectivity index (χ0) is 22.2. The Morgan fingerprint density at radius 2 is 1.71 bits per heavy atom. The van der Waals surface area contributed by atoms with E-state index in [0.717, 1.165) is 18.5 Å². The highest BCUT2D eigenvalue weighted by Crippen LogP contribution is 2.31. The molecule has 3 rings (SSSR count). The number of carbonyl (C=O) groups is 2. The van der Waals surface area contributed by atoms with Crippen LogP contribution in [0.2, 0.25) is 0 Å². The Labute approximate surface area is 187 Å². The number of hydrazine groups is 1. The maximum absolute atomic E-state index is 13.6. The van der Waals surface area contributed by atoms with E-state index in [1.165, 1.54) is 52.4 Å². The summed E-state index contributed by atoms with van der Waals surface area (Å²) in [5.74, 6) is -1.80. The van der Waals surface area contributed by atoms with Gasteiger partial charge in [-0.05, 0) is 36.1 Å². The van der Waals surface area contributed by atoms with Crippen molar-refractivity contribution in [2.45, 2.75) is 31.0 Å². The normalized spacial score (nSPS) is 10.5. The molecule has 0 aliphatic carbocycles. The number of para-hydroxylation sites is 1. The topological polar surface area (TPSA) is 96.0 Å². The number of nitrogens with one attached hydrogen (secondary N) is 3. The Morgan fingerprint density at radius 1 is 1.00 bits per heavy atom. The number of amides is 2. The van der Waals surface area contributed by atoms with Gasteiger partial charge in [-0.25, -0.2) is 4.39 Å². The number of hydrogen-bond donors (Lipinski definition) is 3. The van der Waals surface area contributed by atoms with Crippen molar-refractivity contribution >= 4 is 45.7 Å². The van der Waals surface area contributed by atoms with E-state index in [1.54, 1.807) is 6.07 Å². The molecule has 31 heavy (non-hydrogen) atoms. The van der Waals surface area contributed by atoms with E-state index in [0.29, 0.717) is 9.47 Å². The molecule has 0 bridgehead atoms. The Kier molecular flexibility index (Phi) is 7.96. The molecule has 0 aliphatic heterocycles. The fraction of sp³-hybridized carbons (Fsp3) is 0.238. The standard InChI is InChI=1S/C21H22FN5O2S2/c1-3-13-8-7-9-14(4-2)18(13)23-20-26-27-21(31-20)30-12-17(28)24-25-19(29)15-10-5-6-11-16(15)22/h5-11H,3-4,12H2,1-2H3,(H,23,26)(H,24,28)(H,25,29). The number of halogens is 1. The lowest BCUT2D eigenvalue weighted by Gasteiger charge is -2.13. The molecule has 7 nitrogen and oxygen atoms in total. The third-order valence-corrected chi connectivity index (χ3v) is 6.37. The zero-order valence-electron chi connectivity index (χ0n) is 17.1. The van der Waals surface area contributed by atoms with E-state index in [-0.39, 0.29) is 11.3 Å². The minimum atomic E-state index is -0.722.